The Morgan fingerprint density at radius 1 is 0.754 bits per heavy atom. The first-order valence-electron chi connectivity index (χ1n) is 19.6. The maximum absolute atomic E-state index is 12.0. The highest BCUT2D eigenvalue weighted by molar-refractivity contribution is 8.14. The summed E-state index contributed by atoms with van der Waals surface area (Å²) in [6, 6.07) is 12.2. The summed E-state index contributed by atoms with van der Waals surface area (Å²) in [6.07, 6.45) is 12.3. The van der Waals surface area contributed by atoms with Crippen molar-refractivity contribution >= 4 is 106 Å². The molecular weight excluding hydrogens is 791 g/mol. The van der Waals surface area contributed by atoms with Crippen LogP contribution < -0.4 is 16.4 Å². The summed E-state index contributed by atoms with van der Waals surface area (Å²) in [5, 5.41) is 9.62. The smallest absolute Gasteiger partial charge is 0.198 e. The largest absolute Gasteiger partial charge is 0.340 e. The van der Waals surface area contributed by atoms with Crippen molar-refractivity contribution in [3.63, 3.8) is 0 Å². The molecule has 0 saturated heterocycles. The van der Waals surface area contributed by atoms with E-state index in [-0.39, 0.29) is 16.1 Å². The van der Waals surface area contributed by atoms with Gasteiger partial charge in [-0.2, -0.15) is 0 Å². The number of nitrogens with zero attached hydrogens (tertiary/aromatic N) is 4. The van der Waals surface area contributed by atoms with E-state index in [1.165, 1.54) is 44.4 Å². The Balaban J connectivity index is 0.000000150. The number of thiophene rings is 2. The van der Waals surface area contributed by atoms with Crippen molar-refractivity contribution in [2.24, 2.45) is 23.5 Å². The average molecular weight is 834 g/mol. The molecule has 0 bridgehead atoms. The van der Waals surface area contributed by atoms with Gasteiger partial charge < -0.3 is 16.4 Å². The molecule has 0 amide bonds. The van der Waals surface area contributed by atoms with Gasteiger partial charge in [-0.25, -0.2) is 19.9 Å². The molecular formula is C43H43N7O3S4. The highest BCUT2D eigenvalue weighted by Crippen LogP contribution is 2.43. The molecule has 0 spiro atoms. The zero-order valence-corrected chi connectivity index (χ0v) is 35.1. The van der Waals surface area contributed by atoms with Gasteiger partial charge in [0.1, 0.15) is 39.7 Å². The van der Waals surface area contributed by atoms with E-state index in [4.69, 9.17) is 5.73 Å². The van der Waals surface area contributed by atoms with Crippen LogP contribution in [0, 0.1) is 17.8 Å². The summed E-state index contributed by atoms with van der Waals surface area (Å²) in [5.41, 5.74) is 12.7. The van der Waals surface area contributed by atoms with Gasteiger partial charge in [0.2, 0.25) is 0 Å². The number of carbonyl (C=O) groups excluding carboxylic acids is 3. The minimum atomic E-state index is 0.128. The molecule has 4 aliphatic rings. The summed E-state index contributed by atoms with van der Waals surface area (Å²) in [7, 11) is 0. The zero-order valence-electron chi connectivity index (χ0n) is 31.9. The lowest BCUT2D eigenvalue weighted by Gasteiger charge is -2.22. The summed E-state index contributed by atoms with van der Waals surface area (Å²) in [6.45, 7) is 4.71. The molecule has 2 aliphatic heterocycles. The van der Waals surface area contributed by atoms with Crippen molar-refractivity contribution in [3.8, 4) is 0 Å². The monoisotopic (exact) mass is 833 g/mol. The van der Waals surface area contributed by atoms with Gasteiger partial charge in [0.15, 0.2) is 10.2 Å². The number of nitrogens with two attached hydrogens (primary N) is 1. The number of anilines is 4. The van der Waals surface area contributed by atoms with E-state index in [9.17, 15) is 14.4 Å². The Morgan fingerprint density at radius 2 is 1.26 bits per heavy atom. The number of rotatable bonds is 9. The highest BCUT2D eigenvalue weighted by Gasteiger charge is 2.28. The van der Waals surface area contributed by atoms with Gasteiger partial charge in [-0.1, -0.05) is 49.5 Å². The molecule has 0 fully saturated rings. The fraction of sp³-hybridized carbons (Fsp3) is 0.372. The Kier molecular flexibility index (Phi) is 10.9. The SMILES string of the molecule is CC(C)C(=O)CCC1CCc2c(sc3ncnc(Nc4ccc5c(c4)SC(=O)C5)c23)C1.NCC1CCc2c(sc3ncnc(Nc4ccc5c(c4)SC(=O)C5)c23)C1. The van der Waals surface area contributed by atoms with Crippen LogP contribution in [-0.2, 0) is 52.9 Å². The van der Waals surface area contributed by atoms with Crippen molar-refractivity contribution in [1.82, 2.24) is 19.9 Å². The van der Waals surface area contributed by atoms with E-state index >= 15 is 0 Å². The fourth-order valence-electron chi connectivity index (χ4n) is 8.28. The molecule has 6 aromatic rings. The number of carbonyl (C=O) groups is 3. The van der Waals surface area contributed by atoms with Crippen molar-refractivity contribution in [1.29, 1.82) is 0 Å². The first kappa shape index (κ1) is 38.3. The van der Waals surface area contributed by atoms with Crippen LogP contribution in [0.3, 0.4) is 0 Å². The fourth-order valence-corrected chi connectivity index (χ4v) is 12.7. The molecule has 57 heavy (non-hydrogen) atoms. The summed E-state index contributed by atoms with van der Waals surface area (Å²) in [5.74, 6) is 3.33. The first-order chi connectivity index (χ1) is 27.7. The van der Waals surface area contributed by atoms with Crippen molar-refractivity contribution in [3.05, 3.63) is 81.1 Å². The molecule has 0 radical (unpaired) electrons. The number of nitrogens with one attached hydrogen (secondary N) is 2. The van der Waals surface area contributed by atoms with Gasteiger partial charge in [0.05, 0.1) is 10.8 Å². The zero-order chi connectivity index (χ0) is 39.2. The molecule has 10 nitrogen and oxygen atoms in total. The lowest BCUT2D eigenvalue weighted by molar-refractivity contribution is -0.122. The molecule has 10 rings (SSSR count). The molecule has 0 saturated carbocycles. The van der Waals surface area contributed by atoms with Gasteiger partial charge in [-0.3, -0.25) is 14.4 Å². The molecule has 2 unspecified atom stereocenters. The lowest BCUT2D eigenvalue weighted by Crippen LogP contribution is -2.21. The molecule has 2 aromatic carbocycles. The van der Waals surface area contributed by atoms with Crippen LogP contribution in [0.1, 0.15) is 71.5 Å². The second kappa shape index (κ2) is 16.2. The van der Waals surface area contributed by atoms with Crippen LogP contribution in [0.2, 0.25) is 0 Å². The van der Waals surface area contributed by atoms with E-state index in [1.807, 2.05) is 50.2 Å². The Labute approximate surface area is 347 Å². The standard InChI is InChI=1S/C24H25N3O2S2.C19H18N4OS2/c1-13(2)18(28)8-4-14-3-7-17-20(9-14)31-24-22(17)23(25-12-26-24)27-16-6-5-15-10-21(29)30-19(15)11-16;20-8-10-1-4-13-15(5-10)26-19-17(13)18(21-9-22-19)23-12-3-2-11-6-16(24)25-14(11)7-12/h5-6,11-14H,3-4,7-10H2,1-2H3,(H,25,26,27);2-3,7,9-10H,1,4-6,8,20H2,(H,21,22,23). The third-order valence-corrected chi connectivity index (χ3v) is 15.7. The van der Waals surface area contributed by atoms with Crippen LogP contribution in [0.5, 0.6) is 0 Å². The number of Topliss-reactive ketones (excluding diaryl/α,β-unsaturated/α-hetero) is 1. The summed E-state index contributed by atoms with van der Waals surface area (Å²) < 4.78 is 0. The summed E-state index contributed by atoms with van der Waals surface area (Å²) >= 11 is 6.18. The number of aryl methyl sites for hydroxylation is 2. The number of hydrogen-bond donors (Lipinski definition) is 3. The number of fused-ring (bicyclic) bond motifs is 8. The van der Waals surface area contributed by atoms with Crippen LogP contribution in [0.15, 0.2) is 58.8 Å². The maximum atomic E-state index is 12.0. The molecule has 4 N–H and O–H groups in total. The summed E-state index contributed by atoms with van der Waals surface area (Å²) in [4.78, 5) is 60.4. The molecule has 2 atom stereocenters. The Hall–Kier alpha value is -4.21. The van der Waals surface area contributed by atoms with Gasteiger partial charge in [0, 0.05) is 56.1 Å². The van der Waals surface area contributed by atoms with E-state index in [0.29, 0.717) is 36.9 Å². The Bertz CT molecular complexity index is 2570. The molecule has 2 aliphatic carbocycles. The van der Waals surface area contributed by atoms with Crippen LogP contribution in [0.25, 0.3) is 20.4 Å². The minimum absolute atomic E-state index is 0.128. The van der Waals surface area contributed by atoms with Crippen LogP contribution in [-0.4, -0.2) is 42.5 Å². The van der Waals surface area contributed by atoms with E-state index in [1.54, 1.807) is 35.3 Å². The van der Waals surface area contributed by atoms with Gasteiger partial charge >= 0.3 is 0 Å². The molecule has 14 heteroatoms. The van der Waals surface area contributed by atoms with Crippen molar-refractivity contribution < 1.29 is 14.4 Å². The van der Waals surface area contributed by atoms with Gasteiger partial charge in [-0.15, -0.1) is 22.7 Å². The second-order valence-corrected chi connectivity index (χ2v) is 20.0. The third kappa shape index (κ3) is 7.99. The predicted molar refractivity (Wildman–Crippen MR) is 233 cm³/mol. The van der Waals surface area contributed by atoms with Crippen molar-refractivity contribution in [2.75, 3.05) is 17.2 Å². The lowest BCUT2D eigenvalue weighted by atomic mass is 9.84. The topological polar surface area (TPSA) is 153 Å². The quantitative estimate of drug-likeness (QED) is 0.127. The number of thioether (sulfide) groups is 2. The van der Waals surface area contributed by atoms with Crippen LogP contribution in [0.4, 0.5) is 23.0 Å². The van der Waals surface area contributed by atoms with Crippen LogP contribution >= 0.6 is 46.2 Å². The average Bonchev–Trinajstić information content (AvgIpc) is 3.97. The number of hydrogen-bond acceptors (Lipinski definition) is 14. The second-order valence-electron chi connectivity index (χ2n) is 15.6. The van der Waals surface area contributed by atoms with E-state index in [2.05, 4.69) is 30.6 Å². The molecule has 4 aromatic heterocycles. The van der Waals surface area contributed by atoms with Crippen molar-refractivity contribution in [2.45, 2.75) is 87.8 Å². The molecule has 6 heterocycles. The molecule has 292 valence electrons. The van der Waals surface area contributed by atoms with Gasteiger partial charge in [-0.05, 0) is 110 Å². The van der Waals surface area contributed by atoms with Gasteiger partial charge in [0.25, 0.3) is 0 Å². The highest BCUT2D eigenvalue weighted by atomic mass is 32.2. The number of ketones is 1. The minimum Gasteiger partial charge on any atom is -0.340 e. The number of benzene rings is 2. The van der Waals surface area contributed by atoms with E-state index in [0.717, 1.165) is 116 Å². The number of aromatic nitrogens is 4. The predicted octanol–water partition coefficient (Wildman–Crippen LogP) is 9.39. The first-order valence-corrected chi connectivity index (χ1v) is 22.9. The maximum Gasteiger partial charge on any atom is 0.198 e. The third-order valence-electron chi connectivity index (χ3n) is 11.4. The van der Waals surface area contributed by atoms with E-state index < -0.39 is 0 Å². The Morgan fingerprint density at radius 3 is 1.77 bits per heavy atom. The normalized spacial score (nSPS) is 18.2.